The highest BCUT2D eigenvalue weighted by Gasteiger charge is 2.16. The fraction of sp³-hybridized carbons (Fsp3) is 1.00. The average molecular weight is 213 g/mol. The van der Waals surface area contributed by atoms with Gasteiger partial charge in [-0.1, -0.05) is 6.42 Å². The van der Waals surface area contributed by atoms with Crippen LogP contribution >= 0.6 is 0 Å². The summed E-state index contributed by atoms with van der Waals surface area (Å²) in [6.07, 6.45) is 7.97. The summed E-state index contributed by atoms with van der Waals surface area (Å²) in [5.74, 6) is 0. The molecule has 0 aromatic carbocycles. The Bertz CT molecular complexity index is 163. The van der Waals surface area contributed by atoms with Crippen LogP contribution in [0, 0.1) is 0 Å². The van der Waals surface area contributed by atoms with Crippen LogP contribution in [0.4, 0.5) is 0 Å². The molecule has 0 radical (unpaired) electrons. The summed E-state index contributed by atoms with van der Waals surface area (Å²) in [5, 5.41) is 3.54. The van der Waals surface area contributed by atoms with E-state index in [2.05, 4.69) is 5.32 Å². The van der Waals surface area contributed by atoms with Gasteiger partial charge in [0.15, 0.2) is 0 Å². The maximum atomic E-state index is 5.66. The Kier molecular flexibility index (Phi) is 4.90. The first-order chi connectivity index (χ1) is 7.45. The highest BCUT2D eigenvalue weighted by molar-refractivity contribution is 4.71. The van der Waals surface area contributed by atoms with Crippen molar-refractivity contribution in [3.63, 3.8) is 0 Å². The molecule has 2 aliphatic heterocycles. The quantitative estimate of drug-likeness (QED) is 0.705. The third-order valence-corrected chi connectivity index (χ3v) is 3.35. The maximum absolute atomic E-state index is 5.66. The summed E-state index contributed by atoms with van der Waals surface area (Å²) in [6, 6.07) is 0.697. The van der Waals surface area contributed by atoms with Crippen LogP contribution in [0.2, 0.25) is 0 Å². The fourth-order valence-corrected chi connectivity index (χ4v) is 2.39. The number of piperidine rings is 1. The Morgan fingerprint density at radius 1 is 1.20 bits per heavy atom. The van der Waals surface area contributed by atoms with E-state index < -0.39 is 0 Å². The van der Waals surface area contributed by atoms with Crippen LogP contribution in [0.15, 0.2) is 0 Å². The molecule has 3 heteroatoms. The molecule has 2 atom stereocenters. The first-order valence-corrected chi connectivity index (χ1v) is 6.38. The van der Waals surface area contributed by atoms with Gasteiger partial charge in [0.25, 0.3) is 0 Å². The van der Waals surface area contributed by atoms with E-state index in [1.165, 1.54) is 38.6 Å². The van der Waals surface area contributed by atoms with Gasteiger partial charge in [-0.05, 0) is 38.6 Å². The highest BCUT2D eigenvalue weighted by atomic mass is 16.5. The summed E-state index contributed by atoms with van der Waals surface area (Å²) in [5.41, 5.74) is 0. The molecular formula is C12H23NO2. The van der Waals surface area contributed by atoms with Gasteiger partial charge in [0, 0.05) is 19.3 Å². The van der Waals surface area contributed by atoms with Crippen LogP contribution in [-0.2, 0) is 9.47 Å². The molecule has 2 heterocycles. The van der Waals surface area contributed by atoms with Crippen molar-refractivity contribution in [2.45, 2.75) is 50.7 Å². The molecule has 0 aliphatic carbocycles. The second kappa shape index (κ2) is 6.46. The molecule has 0 spiro atoms. The number of hydrogen-bond acceptors (Lipinski definition) is 3. The lowest BCUT2D eigenvalue weighted by atomic mass is 10.0. The Morgan fingerprint density at radius 2 is 2.20 bits per heavy atom. The standard InChI is InChI=1S/C12H23NO2/c1-2-7-13-11(4-1)6-9-14-10-12-5-3-8-15-12/h11-13H,1-10H2/t11-,12-/m1/s1. The Labute approximate surface area is 92.5 Å². The Balaban J connectivity index is 1.47. The summed E-state index contributed by atoms with van der Waals surface area (Å²) in [6.45, 7) is 3.80. The van der Waals surface area contributed by atoms with Crippen molar-refractivity contribution < 1.29 is 9.47 Å². The van der Waals surface area contributed by atoms with Crippen LogP contribution in [0.5, 0.6) is 0 Å². The minimum atomic E-state index is 0.379. The molecule has 2 rings (SSSR count). The third-order valence-electron chi connectivity index (χ3n) is 3.35. The van der Waals surface area contributed by atoms with Crippen molar-refractivity contribution in [3.05, 3.63) is 0 Å². The van der Waals surface area contributed by atoms with Gasteiger partial charge < -0.3 is 14.8 Å². The van der Waals surface area contributed by atoms with Crippen LogP contribution < -0.4 is 5.32 Å². The number of hydrogen-bond donors (Lipinski definition) is 1. The fourth-order valence-electron chi connectivity index (χ4n) is 2.39. The average Bonchev–Trinajstić information content (AvgIpc) is 2.79. The molecule has 0 aromatic rings. The molecule has 0 bridgehead atoms. The van der Waals surface area contributed by atoms with E-state index in [0.29, 0.717) is 12.1 Å². The second-order valence-electron chi connectivity index (χ2n) is 4.65. The van der Waals surface area contributed by atoms with Crippen molar-refractivity contribution in [3.8, 4) is 0 Å². The van der Waals surface area contributed by atoms with Gasteiger partial charge >= 0.3 is 0 Å². The van der Waals surface area contributed by atoms with E-state index in [1.54, 1.807) is 0 Å². The number of nitrogens with one attached hydrogen (secondary N) is 1. The summed E-state index contributed by atoms with van der Waals surface area (Å²) < 4.78 is 11.2. The molecule has 0 aromatic heterocycles. The predicted molar refractivity (Wildman–Crippen MR) is 60.1 cm³/mol. The summed E-state index contributed by atoms with van der Waals surface area (Å²) >= 11 is 0. The van der Waals surface area contributed by atoms with Crippen molar-refractivity contribution in [1.29, 1.82) is 0 Å². The van der Waals surface area contributed by atoms with E-state index >= 15 is 0 Å². The van der Waals surface area contributed by atoms with Crippen molar-refractivity contribution >= 4 is 0 Å². The van der Waals surface area contributed by atoms with Gasteiger partial charge in [0.1, 0.15) is 0 Å². The zero-order valence-electron chi connectivity index (χ0n) is 9.54. The zero-order chi connectivity index (χ0) is 10.3. The number of rotatable bonds is 5. The Hall–Kier alpha value is -0.120. The Morgan fingerprint density at radius 3 is 2.93 bits per heavy atom. The van der Waals surface area contributed by atoms with Crippen LogP contribution in [-0.4, -0.2) is 38.5 Å². The molecule has 2 saturated heterocycles. The SMILES string of the molecule is C1CC[C@H](CCOC[C@H]2CCCO2)NC1. The molecule has 88 valence electrons. The first-order valence-electron chi connectivity index (χ1n) is 6.38. The molecular weight excluding hydrogens is 190 g/mol. The zero-order valence-corrected chi connectivity index (χ0v) is 9.54. The van der Waals surface area contributed by atoms with Crippen molar-refractivity contribution in [1.82, 2.24) is 5.32 Å². The molecule has 15 heavy (non-hydrogen) atoms. The molecule has 2 aliphatic rings. The lowest BCUT2D eigenvalue weighted by Crippen LogP contribution is -2.35. The van der Waals surface area contributed by atoms with E-state index in [0.717, 1.165) is 26.2 Å². The van der Waals surface area contributed by atoms with Gasteiger partial charge in [-0.3, -0.25) is 0 Å². The highest BCUT2D eigenvalue weighted by Crippen LogP contribution is 2.13. The lowest BCUT2D eigenvalue weighted by Gasteiger charge is -2.23. The summed E-state index contributed by atoms with van der Waals surface area (Å²) in [4.78, 5) is 0. The summed E-state index contributed by atoms with van der Waals surface area (Å²) in [7, 11) is 0. The van der Waals surface area contributed by atoms with Gasteiger partial charge in [-0.25, -0.2) is 0 Å². The molecule has 0 saturated carbocycles. The van der Waals surface area contributed by atoms with Gasteiger partial charge in [0.2, 0.25) is 0 Å². The van der Waals surface area contributed by atoms with Crippen molar-refractivity contribution in [2.75, 3.05) is 26.4 Å². The van der Waals surface area contributed by atoms with Crippen LogP contribution in [0.25, 0.3) is 0 Å². The molecule has 3 nitrogen and oxygen atoms in total. The lowest BCUT2D eigenvalue weighted by molar-refractivity contribution is 0.0140. The van der Waals surface area contributed by atoms with E-state index in [1.807, 2.05) is 0 Å². The minimum Gasteiger partial charge on any atom is -0.379 e. The first kappa shape index (κ1) is 11.4. The van der Waals surface area contributed by atoms with E-state index in [-0.39, 0.29) is 0 Å². The maximum Gasteiger partial charge on any atom is 0.0809 e. The predicted octanol–water partition coefficient (Wildman–Crippen LogP) is 1.71. The van der Waals surface area contributed by atoms with E-state index in [4.69, 9.17) is 9.47 Å². The molecule has 1 N–H and O–H groups in total. The second-order valence-corrected chi connectivity index (χ2v) is 4.65. The van der Waals surface area contributed by atoms with Crippen molar-refractivity contribution in [2.24, 2.45) is 0 Å². The van der Waals surface area contributed by atoms with Gasteiger partial charge in [-0.15, -0.1) is 0 Å². The topological polar surface area (TPSA) is 30.5 Å². The van der Waals surface area contributed by atoms with E-state index in [9.17, 15) is 0 Å². The normalized spacial score (nSPS) is 32.0. The monoisotopic (exact) mass is 213 g/mol. The molecule has 2 fully saturated rings. The van der Waals surface area contributed by atoms with Gasteiger partial charge in [0.05, 0.1) is 12.7 Å². The largest absolute Gasteiger partial charge is 0.379 e. The molecule has 0 unspecified atom stereocenters. The van der Waals surface area contributed by atoms with Gasteiger partial charge in [-0.2, -0.15) is 0 Å². The molecule has 0 amide bonds. The number of ether oxygens (including phenoxy) is 2. The minimum absolute atomic E-state index is 0.379. The smallest absolute Gasteiger partial charge is 0.0809 e. The van der Waals surface area contributed by atoms with Crippen LogP contribution in [0.3, 0.4) is 0 Å². The van der Waals surface area contributed by atoms with Crippen LogP contribution in [0.1, 0.15) is 38.5 Å². The third kappa shape index (κ3) is 4.09.